The fraction of sp³-hybridized carbons (Fsp3) is 0.333. The molecular weight excluding hydrogens is 347 g/mol. The van der Waals surface area contributed by atoms with E-state index in [1.165, 1.54) is 19.1 Å². The van der Waals surface area contributed by atoms with Crippen LogP contribution in [0.3, 0.4) is 0 Å². The van der Waals surface area contributed by atoms with Crippen molar-refractivity contribution in [1.82, 2.24) is 10.6 Å². The summed E-state index contributed by atoms with van der Waals surface area (Å²) in [5.41, 5.74) is 1.66. The summed E-state index contributed by atoms with van der Waals surface area (Å²) in [4.78, 5) is 23.5. The van der Waals surface area contributed by atoms with Crippen LogP contribution in [0, 0.1) is 11.7 Å². The quantitative estimate of drug-likeness (QED) is 0.748. The molecule has 2 N–H and O–H groups in total. The molecule has 5 nitrogen and oxygen atoms in total. The van der Waals surface area contributed by atoms with Crippen LogP contribution in [0.5, 0.6) is 5.75 Å². The number of rotatable bonds is 8. The Morgan fingerprint density at radius 1 is 1.07 bits per heavy atom. The van der Waals surface area contributed by atoms with Crippen LogP contribution in [-0.4, -0.2) is 17.9 Å². The largest absolute Gasteiger partial charge is 0.489 e. The van der Waals surface area contributed by atoms with E-state index >= 15 is 0 Å². The van der Waals surface area contributed by atoms with Gasteiger partial charge in [0.05, 0.1) is 0 Å². The molecule has 0 fully saturated rings. The Morgan fingerprint density at radius 2 is 1.78 bits per heavy atom. The minimum absolute atomic E-state index is 0.00695. The van der Waals surface area contributed by atoms with Crippen LogP contribution in [0.4, 0.5) is 4.39 Å². The van der Waals surface area contributed by atoms with Gasteiger partial charge < -0.3 is 15.4 Å². The maximum Gasteiger partial charge on any atom is 0.243 e. The van der Waals surface area contributed by atoms with E-state index in [4.69, 9.17) is 4.74 Å². The van der Waals surface area contributed by atoms with Crippen molar-refractivity contribution >= 4 is 11.8 Å². The first-order valence-electron chi connectivity index (χ1n) is 8.86. The second-order valence-corrected chi connectivity index (χ2v) is 6.70. The van der Waals surface area contributed by atoms with E-state index in [-0.39, 0.29) is 30.2 Å². The van der Waals surface area contributed by atoms with Crippen molar-refractivity contribution in [3.8, 4) is 5.75 Å². The topological polar surface area (TPSA) is 67.4 Å². The third kappa shape index (κ3) is 6.73. The maximum absolute atomic E-state index is 13.2. The Labute approximate surface area is 158 Å². The summed E-state index contributed by atoms with van der Waals surface area (Å²) < 4.78 is 18.8. The minimum Gasteiger partial charge on any atom is -0.489 e. The van der Waals surface area contributed by atoms with Crippen molar-refractivity contribution in [2.75, 3.05) is 0 Å². The Bertz CT molecular complexity index is 775. The van der Waals surface area contributed by atoms with Crippen molar-refractivity contribution in [1.29, 1.82) is 0 Å². The normalized spacial score (nSPS) is 11.7. The molecule has 2 aromatic carbocycles. The zero-order valence-corrected chi connectivity index (χ0v) is 15.8. The van der Waals surface area contributed by atoms with E-state index in [9.17, 15) is 14.0 Å². The Kier molecular flexibility index (Phi) is 7.34. The fourth-order valence-electron chi connectivity index (χ4n) is 2.55. The predicted octanol–water partition coefficient (Wildman–Crippen LogP) is 3.18. The van der Waals surface area contributed by atoms with Gasteiger partial charge >= 0.3 is 0 Å². The van der Waals surface area contributed by atoms with Gasteiger partial charge in [0.15, 0.2) is 0 Å². The van der Waals surface area contributed by atoms with Gasteiger partial charge in [-0.2, -0.15) is 0 Å². The number of benzene rings is 2. The third-order valence-electron chi connectivity index (χ3n) is 3.99. The lowest BCUT2D eigenvalue weighted by Gasteiger charge is -2.21. The second-order valence-electron chi connectivity index (χ2n) is 6.70. The highest BCUT2D eigenvalue weighted by molar-refractivity contribution is 5.87. The summed E-state index contributed by atoms with van der Waals surface area (Å²) in [7, 11) is 0. The van der Waals surface area contributed by atoms with Crippen molar-refractivity contribution in [2.24, 2.45) is 5.92 Å². The molecule has 0 spiro atoms. The van der Waals surface area contributed by atoms with Crippen LogP contribution in [0.15, 0.2) is 48.5 Å². The summed E-state index contributed by atoms with van der Waals surface area (Å²) in [5.74, 6) is -0.0865. The van der Waals surface area contributed by atoms with E-state index in [1.807, 2.05) is 26.0 Å². The number of halogens is 1. The molecule has 0 radical (unpaired) electrons. The van der Waals surface area contributed by atoms with Gasteiger partial charge in [0, 0.05) is 13.5 Å². The van der Waals surface area contributed by atoms with E-state index < -0.39 is 6.04 Å². The Hall–Kier alpha value is -2.89. The van der Waals surface area contributed by atoms with Crippen molar-refractivity contribution < 1.29 is 18.7 Å². The van der Waals surface area contributed by atoms with Gasteiger partial charge in [0.25, 0.3) is 0 Å². The van der Waals surface area contributed by atoms with Crippen molar-refractivity contribution in [3.05, 3.63) is 65.5 Å². The highest BCUT2D eigenvalue weighted by atomic mass is 19.1. The fourth-order valence-corrected chi connectivity index (χ4v) is 2.55. The van der Waals surface area contributed by atoms with Gasteiger partial charge in [0.2, 0.25) is 11.8 Å². The van der Waals surface area contributed by atoms with Gasteiger partial charge in [0.1, 0.15) is 24.2 Å². The Morgan fingerprint density at radius 3 is 2.37 bits per heavy atom. The molecule has 6 heteroatoms. The summed E-state index contributed by atoms with van der Waals surface area (Å²) in [6.07, 6.45) is 0. The minimum atomic E-state index is -0.559. The lowest BCUT2D eigenvalue weighted by molar-refractivity contribution is -0.129. The molecule has 0 saturated carbocycles. The van der Waals surface area contributed by atoms with Crippen LogP contribution < -0.4 is 15.4 Å². The molecule has 0 saturated heterocycles. The number of nitrogens with one attached hydrogen (secondary N) is 2. The smallest absolute Gasteiger partial charge is 0.243 e. The summed E-state index contributed by atoms with van der Waals surface area (Å²) in [6, 6.07) is 13.0. The average Bonchev–Trinajstić information content (AvgIpc) is 2.63. The molecule has 1 unspecified atom stereocenters. The number of hydrogen-bond acceptors (Lipinski definition) is 3. The van der Waals surface area contributed by atoms with Crippen molar-refractivity contribution in [2.45, 2.75) is 40.0 Å². The molecule has 0 aromatic heterocycles. The van der Waals surface area contributed by atoms with Crippen LogP contribution in [0.2, 0.25) is 0 Å². The second kappa shape index (κ2) is 9.71. The molecule has 2 aromatic rings. The SMILES string of the molecule is CC(=O)NC(C(=O)NCc1ccc(OCc2cccc(F)c2)cc1)C(C)C. The standard InChI is InChI=1S/C21H25FN2O3/c1-14(2)20(24-15(3)25)21(26)23-12-16-7-9-19(10-8-16)27-13-17-5-4-6-18(22)11-17/h4-11,14,20H,12-13H2,1-3H3,(H,23,26)(H,24,25). The van der Waals surface area contributed by atoms with Crippen molar-refractivity contribution in [3.63, 3.8) is 0 Å². The molecule has 1 atom stereocenters. The van der Waals surface area contributed by atoms with Crippen LogP contribution in [-0.2, 0) is 22.7 Å². The maximum atomic E-state index is 13.2. The molecule has 144 valence electrons. The van der Waals surface area contributed by atoms with Crippen LogP contribution in [0.25, 0.3) is 0 Å². The predicted molar refractivity (Wildman–Crippen MR) is 101 cm³/mol. The molecule has 2 amide bonds. The molecular formula is C21H25FN2O3. The lowest BCUT2D eigenvalue weighted by Crippen LogP contribution is -2.48. The van der Waals surface area contributed by atoms with Gasteiger partial charge in [-0.1, -0.05) is 38.1 Å². The Balaban J connectivity index is 1.86. The molecule has 0 bridgehead atoms. The number of carbonyl (C=O) groups excluding carboxylic acids is 2. The van der Waals surface area contributed by atoms with E-state index in [0.717, 1.165) is 11.1 Å². The third-order valence-corrected chi connectivity index (χ3v) is 3.99. The van der Waals surface area contributed by atoms with Crippen LogP contribution >= 0.6 is 0 Å². The van der Waals surface area contributed by atoms with Gasteiger partial charge in [-0.25, -0.2) is 4.39 Å². The van der Waals surface area contributed by atoms with E-state index in [2.05, 4.69) is 10.6 Å². The molecule has 27 heavy (non-hydrogen) atoms. The van der Waals surface area contributed by atoms with Gasteiger partial charge in [-0.3, -0.25) is 9.59 Å². The summed E-state index contributed by atoms with van der Waals surface area (Å²) in [5, 5.41) is 5.50. The first-order chi connectivity index (χ1) is 12.8. The summed E-state index contributed by atoms with van der Waals surface area (Å²) >= 11 is 0. The van der Waals surface area contributed by atoms with E-state index in [0.29, 0.717) is 12.3 Å². The zero-order valence-electron chi connectivity index (χ0n) is 15.8. The first-order valence-corrected chi connectivity index (χ1v) is 8.86. The first kappa shape index (κ1) is 20.4. The molecule has 0 aliphatic heterocycles. The van der Waals surface area contributed by atoms with Crippen LogP contribution in [0.1, 0.15) is 31.9 Å². The number of amides is 2. The molecule has 0 aliphatic carbocycles. The lowest BCUT2D eigenvalue weighted by atomic mass is 10.0. The number of ether oxygens (including phenoxy) is 1. The summed E-state index contributed by atoms with van der Waals surface area (Å²) in [6.45, 7) is 5.79. The monoisotopic (exact) mass is 372 g/mol. The molecule has 0 heterocycles. The molecule has 2 rings (SSSR count). The molecule has 0 aliphatic rings. The van der Waals surface area contributed by atoms with Gasteiger partial charge in [-0.05, 0) is 41.3 Å². The number of hydrogen-bond donors (Lipinski definition) is 2. The zero-order chi connectivity index (χ0) is 19.8. The average molecular weight is 372 g/mol. The van der Waals surface area contributed by atoms with E-state index in [1.54, 1.807) is 24.3 Å². The van der Waals surface area contributed by atoms with Gasteiger partial charge in [-0.15, -0.1) is 0 Å². The highest BCUT2D eigenvalue weighted by Crippen LogP contribution is 2.15. The number of carbonyl (C=O) groups is 2. The highest BCUT2D eigenvalue weighted by Gasteiger charge is 2.22.